The number of carbonyl (C=O) groups is 1. The number of ether oxygens (including phenoxy) is 1. The summed E-state index contributed by atoms with van der Waals surface area (Å²) >= 11 is 0. The lowest BCUT2D eigenvalue weighted by molar-refractivity contribution is -0.00230. The predicted octanol–water partition coefficient (Wildman–Crippen LogP) is 2.08. The Morgan fingerprint density at radius 3 is 3.10 bits per heavy atom. The molecule has 1 spiro atoms. The molecule has 1 aromatic rings. The molecule has 1 aromatic heterocycles. The monoisotopic (exact) mass is 296 g/mol. The van der Waals surface area contributed by atoms with Gasteiger partial charge < -0.3 is 15.4 Å². The number of hydrogen-bond acceptors (Lipinski definition) is 3. The lowest BCUT2D eigenvalue weighted by Crippen LogP contribution is -2.49. The van der Waals surface area contributed by atoms with Gasteiger partial charge in [-0.2, -0.15) is 5.10 Å². The molecule has 1 saturated carbocycles. The number of alkyl halides is 1. The maximum atomic E-state index is 12.2. The van der Waals surface area contributed by atoms with Gasteiger partial charge in [0.25, 0.3) is 0 Å². The SMILES string of the molecule is O=C(Nc1cnn(CCF)c1)NC1CCOC12CCCC2. The van der Waals surface area contributed by atoms with Gasteiger partial charge in [0.1, 0.15) is 6.67 Å². The molecule has 2 amide bonds. The summed E-state index contributed by atoms with van der Waals surface area (Å²) in [6.45, 7) is 0.428. The fourth-order valence-electron chi connectivity index (χ4n) is 3.38. The average Bonchev–Trinajstić information content (AvgIpc) is 3.16. The molecule has 1 saturated heterocycles. The van der Waals surface area contributed by atoms with E-state index in [1.807, 2.05) is 0 Å². The summed E-state index contributed by atoms with van der Waals surface area (Å²) in [5.74, 6) is 0. The molecule has 0 bridgehead atoms. The molecule has 3 rings (SSSR count). The first-order valence-electron chi connectivity index (χ1n) is 7.52. The Hall–Kier alpha value is -1.63. The van der Waals surface area contributed by atoms with Crippen LogP contribution in [0.25, 0.3) is 0 Å². The summed E-state index contributed by atoms with van der Waals surface area (Å²) in [6.07, 6.45) is 8.36. The molecular formula is C14H21FN4O2. The number of aryl methyl sites for hydroxylation is 1. The number of aromatic nitrogens is 2. The number of nitrogens with zero attached hydrogens (tertiary/aromatic N) is 2. The standard InChI is InChI=1S/C14H21FN4O2/c15-6-7-19-10-11(9-16-19)17-13(20)18-12-3-8-21-14(12)4-1-2-5-14/h9-10,12H,1-8H2,(H2,17,18,20). The van der Waals surface area contributed by atoms with Crippen molar-refractivity contribution in [3.63, 3.8) is 0 Å². The lowest BCUT2D eigenvalue weighted by Gasteiger charge is -2.30. The Bertz CT molecular complexity index is 493. The molecule has 116 valence electrons. The first-order valence-corrected chi connectivity index (χ1v) is 7.52. The van der Waals surface area contributed by atoms with E-state index in [-0.39, 0.29) is 24.2 Å². The second kappa shape index (κ2) is 6.01. The minimum Gasteiger partial charge on any atom is -0.373 e. The zero-order valence-corrected chi connectivity index (χ0v) is 12.0. The number of anilines is 1. The number of halogens is 1. The van der Waals surface area contributed by atoms with Crippen LogP contribution in [-0.2, 0) is 11.3 Å². The van der Waals surface area contributed by atoms with Gasteiger partial charge in [-0.05, 0) is 19.3 Å². The molecule has 1 unspecified atom stereocenters. The van der Waals surface area contributed by atoms with E-state index < -0.39 is 6.67 Å². The van der Waals surface area contributed by atoms with Crippen molar-refractivity contribution < 1.29 is 13.9 Å². The Morgan fingerprint density at radius 2 is 2.33 bits per heavy atom. The van der Waals surface area contributed by atoms with Crippen LogP contribution >= 0.6 is 0 Å². The van der Waals surface area contributed by atoms with Crippen LogP contribution in [0.5, 0.6) is 0 Å². The topological polar surface area (TPSA) is 68.2 Å². The number of carbonyl (C=O) groups excluding carboxylic acids is 1. The van der Waals surface area contributed by atoms with Crippen molar-refractivity contribution in [1.29, 1.82) is 0 Å². The Labute approximate surface area is 123 Å². The van der Waals surface area contributed by atoms with Gasteiger partial charge in [-0.15, -0.1) is 0 Å². The molecule has 0 radical (unpaired) electrons. The van der Waals surface area contributed by atoms with Crippen LogP contribution in [-0.4, -0.2) is 40.7 Å². The Kier molecular flexibility index (Phi) is 4.10. The van der Waals surface area contributed by atoms with Gasteiger partial charge in [0.15, 0.2) is 0 Å². The number of urea groups is 1. The van der Waals surface area contributed by atoms with Gasteiger partial charge in [0, 0.05) is 12.8 Å². The molecule has 1 aliphatic carbocycles. The largest absolute Gasteiger partial charge is 0.373 e. The van der Waals surface area contributed by atoms with Crippen molar-refractivity contribution in [2.75, 3.05) is 18.6 Å². The lowest BCUT2D eigenvalue weighted by atomic mass is 9.93. The van der Waals surface area contributed by atoms with Crippen molar-refractivity contribution >= 4 is 11.7 Å². The fourth-order valence-corrected chi connectivity index (χ4v) is 3.38. The first-order chi connectivity index (χ1) is 10.2. The van der Waals surface area contributed by atoms with E-state index in [0.717, 1.165) is 32.1 Å². The van der Waals surface area contributed by atoms with E-state index in [2.05, 4.69) is 15.7 Å². The second-order valence-corrected chi connectivity index (χ2v) is 5.74. The summed E-state index contributed by atoms with van der Waals surface area (Å²) in [4.78, 5) is 12.1. The van der Waals surface area contributed by atoms with Crippen molar-refractivity contribution in [1.82, 2.24) is 15.1 Å². The molecule has 1 atom stereocenters. The quantitative estimate of drug-likeness (QED) is 0.894. The van der Waals surface area contributed by atoms with E-state index in [4.69, 9.17) is 4.74 Å². The highest BCUT2D eigenvalue weighted by Gasteiger charge is 2.46. The fraction of sp³-hybridized carbons (Fsp3) is 0.714. The van der Waals surface area contributed by atoms with Crippen molar-refractivity contribution in [3.8, 4) is 0 Å². The van der Waals surface area contributed by atoms with Crippen LogP contribution < -0.4 is 10.6 Å². The Balaban J connectivity index is 1.56. The molecule has 21 heavy (non-hydrogen) atoms. The molecule has 1 aliphatic heterocycles. The summed E-state index contributed by atoms with van der Waals surface area (Å²) < 4.78 is 19.6. The molecule has 2 fully saturated rings. The van der Waals surface area contributed by atoms with Crippen molar-refractivity contribution in [3.05, 3.63) is 12.4 Å². The summed E-state index contributed by atoms with van der Waals surface area (Å²) in [7, 11) is 0. The van der Waals surface area contributed by atoms with E-state index in [1.165, 1.54) is 10.9 Å². The number of rotatable bonds is 4. The minimum atomic E-state index is -0.477. The predicted molar refractivity (Wildman–Crippen MR) is 75.9 cm³/mol. The molecule has 0 aromatic carbocycles. The maximum Gasteiger partial charge on any atom is 0.319 e. The Morgan fingerprint density at radius 1 is 1.52 bits per heavy atom. The van der Waals surface area contributed by atoms with E-state index in [1.54, 1.807) is 6.20 Å². The summed E-state index contributed by atoms with van der Waals surface area (Å²) in [5, 5.41) is 9.73. The molecule has 7 heteroatoms. The maximum absolute atomic E-state index is 12.2. The van der Waals surface area contributed by atoms with E-state index >= 15 is 0 Å². The number of hydrogen-bond donors (Lipinski definition) is 2. The normalized spacial score (nSPS) is 23.6. The highest BCUT2D eigenvalue weighted by Crippen LogP contribution is 2.41. The molecule has 2 aliphatic rings. The number of amides is 2. The van der Waals surface area contributed by atoms with Crippen molar-refractivity contribution in [2.45, 2.75) is 50.3 Å². The highest BCUT2D eigenvalue weighted by molar-refractivity contribution is 5.89. The second-order valence-electron chi connectivity index (χ2n) is 5.74. The van der Waals surface area contributed by atoms with Gasteiger partial charge >= 0.3 is 6.03 Å². The van der Waals surface area contributed by atoms with Gasteiger partial charge in [-0.1, -0.05) is 12.8 Å². The zero-order valence-electron chi connectivity index (χ0n) is 12.0. The third kappa shape index (κ3) is 3.02. The average molecular weight is 296 g/mol. The van der Waals surface area contributed by atoms with Gasteiger partial charge in [0.2, 0.25) is 0 Å². The van der Waals surface area contributed by atoms with Crippen LogP contribution in [0.1, 0.15) is 32.1 Å². The van der Waals surface area contributed by atoms with Crippen LogP contribution in [0.4, 0.5) is 14.9 Å². The molecule has 6 nitrogen and oxygen atoms in total. The van der Waals surface area contributed by atoms with Crippen LogP contribution in [0.3, 0.4) is 0 Å². The van der Waals surface area contributed by atoms with Crippen LogP contribution in [0.15, 0.2) is 12.4 Å². The van der Waals surface area contributed by atoms with Crippen LogP contribution in [0, 0.1) is 0 Å². The van der Waals surface area contributed by atoms with Crippen LogP contribution in [0.2, 0.25) is 0 Å². The van der Waals surface area contributed by atoms with Gasteiger partial charge in [-0.25, -0.2) is 9.18 Å². The van der Waals surface area contributed by atoms with E-state index in [0.29, 0.717) is 12.3 Å². The summed E-state index contributed by atoms with van der Waals surface area (Å²) in [5.41, 5.74) is 0.413. The van der Waals surface area contributed by atoms with Gasteiger partial charge in [0.05, 0.1) is 30.1 Å². The molecule has 2 heterocycles. The highest BCUT2D eigenvalue weighted by atomic mass is 19.1. The molecular weight excluding hydrogens is 275 g/mol. The third-order valence-corrected chi connectivity index (χ3v) is 4.39. The minimum absolute atomic E-state index is 0.0703. The smallest absolute Gasteiger partial charge is 0.319 e. The van der Waals surface area contributed by atoms with Crippen molar-refractivity contribution in [2.24, 2.45) is 0 Å². The summed E-state index contributed by atoms with van der Waals surface area (Å²) in [6, 6.07) is -0.183. The van der Waals surface area contributed by atoms with E-state index in [9.17, 15) is 9.18 Å². The van der Waals surface area contributed by atoms with Gasteiger partial charge in [-0.3, -0.25) is 4.68 Å². The first kappa shape index (κ1) is 14.3. The number of nitrogens with one attached hydrogen (secondary N) is 2. The zero-order chi connectivity index (χ0) is 14.7. The third-order valence-electron chi connectivity index (χ3n) is 4.39. The molecule has 2 N–H and O–H groups in total.